The molecule has 3 heteroatoms. The summed E-state index contributed by atoms with van der Waals surface area (Å²) in [6.45, 7) is 0. The van der Waals surface area contributed by atoms with Crippen molar-refractivity contribution in [2.45, 2.75) is 0 Å². The first-order valence-electron chi connectivity index (χ1n) is 1.28. The van der Waals surface area contributed by atoms with Crippen LogP contribution in [0.3, 0.4) is 0 Å². The van der Waals surface area contributed by atoms with E-state index in [1.54, 1.807) is 13.3 Å². The van der Waals surface area contributed by atoms with Crippen molar-refractivity contribution in [3.8, 4) is 0 Å². The van der Waals surface area contributed by atoms with Gasteiger partial charge in [-0.1, -0.05) is 0 Å². The maximum absolute atomic E-state index is 9.81. The molecule has 0 aromatic rings. The van der Waals surface area contributed by atoms with Gasteiger partial charge in [-0.3, -0.25) is 0 Å². The lowest BCUT2D eigenvalue weighted by Crippen LogP contribution is -2.15. The monoisotopic (exact) mass is 93.0 g/mol. The normalized spacial score (nSPS) is 15.0. The molecule has 2 nitrogen and oxygen atoms in total. The molecule has 0 bridgehead atoms. The fraction of sp³-hybridized carbons (Fsp3) is 1.00. The van der Waals surface area contributed by atoms with Gasteiger partial charge in [-0.2, -0.15) is 0 Å². The number of hydrogen-bond acceptors (Lipinski definition) is 2. The van der Waals surface area contributed by atoms with Gasteiger partial charge >= 0.3 is 0 Å². The van der Waals surface area contributed by atoms with Crippen molar-refractivity contribution in [3.05, 3.63) is 0 Å². The lowest BCUT2D eigenvalue weighted by Gasteiger charge is -1.95. The standard InChI is InChI=1S/C2H7NOS/c1-3-5(2)4/h3H,1-2H3/t5-/m1/s1. The first-order chi connectivity index (χ1) is 2.27. The van der Waals surface area contributed by atoms with Gasteiger partial charge < -0.3 is 4.55 Å². The molecule has 0 radical (unpaired) electrons. The van der Waals surface area contributed by atoms with E-state index in [2.05, 4.69) is 4.72 Å². The van der Waals surface area contributed by atoms with E-state index in [1.165, 1.54) is 0 Å². The Morgan fingerprint density at radius 1 is 1.80 bits per heavy atom. The first-order valence-corrected chi connectivity index (χ1v) is 2.84. The topological polar surface area (TPSA) is 35.1 Å². The minimum atomic E-state index is -0.823. The van der Waals surface area contributed by atoms with Crippen molar-refractivity contribution in [2.24, 2.45) is 0 Å². The summed E-state index contributed by atoms with van der Waals surface area (Å²) in [5.41, 5.74) is 0. The van der Waals surface area contributed by atoms with Crippen LogP contribution in [-0.2, 0) is 11.4 Å². The first kappa shape index (κ1) is 5.27. The summed E-state index contributed by atoms with van der Waals surface area (Å²) in [5.74, 6) is 0. The summed E-state index contributed by atoms with van der Waals surface area (Å²) in [5, 5.41) is 0. The highest BCUT2D eigenvalue weighted by Gasteiger charge is 1.79. The smallest absolute Gasteiger partial charge is 0.115 e. The van der Waals surface area contributed by atoms with Crippen molar-refractivity contribution in [2.75, 3.05) is 13.3 Å². The van der Waals surface area contributed by atoms with Crippen LogP contribution in [0.1, 0.15) is 0 Å². The molecule has 0 unspecified atom stereocenters. The molecule has 0 heterocycles. The molecule has 5 heavy (non-hydrogen) atoms. The maximum Gasteiger partial charge on any atom is 0.115 e. The second kappa shape index (κ2) is 2.50. The van der Waals surface area contributed by atoms with Crippen LogP contribution in [0.5, 0.6) is 0 Å². The van der Waals surface area contributed by atoms with Crippen LogP contribution < -0.4 is 4.72 Å². The molecular weight excluding hydrogens is 86.1 g/mol. The molecule has 0 amide bonds. The van der Waals surface area contributed by atoms with Crippen LogP contribution in [0.25, 0.3) is 0 Å². The average molecular weight is 93.2 g/mol. The van der Waals surface area contributed by atoms with E-state index < -0.39 is 11.4 Å². The Balaban J connectivity index is 2.54. The Hall–Kier alpha value is 0.270. The Bertz CT molecular complexity index is 23.6. The van der Waals surface area contributed by atoms with Gasteiger partial charge in [0.15, 0.2) is 0 Å². The van der Waals surface area contributed by atoms with Crippen LogP contribution in [0, 0.1) is 0 Å². The van der Waals surface area contributed by atoms with Crippen molar-refractivity contribution in [1.29, 1.82) is 0 Å². The minimum absolute atomic E-state index is 0.823. The molecule has 32 valence electrons. The third-order valence-corrected chi connectivity index (χ3v) is 0.862. The molecule has 1 N–H and O–H groups in total. The van der Waals surface area contributed by atoms with Gasteiger partial charge in [0, 0.05) is 18.4 Å². The summed E-state index contributed by atoms with van der Waals surface area (Å²) in [7, 11) is 1.65. The van der Waals surface area contributed by atoms with Crippen molar-refractivity contribution < 1.29 is 4.55 Å². The van der Waals surface area contributed by atoms with Gasteiger partial charge in [-0.25, -0.2) is 0 Å². The highest BCUT2D eigenvalue weighted by molar-refractivity contribution is 7.88. The molecule has 0 aliphatic rings. The second-order valence-corrected chi connectivity index (χ2v) is 1.97. The minimum Gasteiger partial charge on any atom is -0.598 e. The summed E-state index contributed by atoms with van der Waals surface area (Å²) < 4.78 is 12.3. The number of rotatable bonds is 1. The molecule has 0 saturated carbocycles. The summed E-state index contributed by atoms with van der Waals surface area (Å²) in [6.07, 6.45) is 1.58. The Labute approximate surface area is 34.9 Å². The van der Waals surface area contributed by atoms with Crippen LogP contribution in [-0.4, -0.2) is 17.9 Å². The lowest BCUT2D eigenvalue weighted by molar-refractivity contribution is 0.593. The van der Waals surface area contributed by atoms with Gasteiger partial charge in [0.2, 0.25) is 0 Å². The summed E-state index contributed by atoms with van der Waals surface area (Å²) >= 11 is -0.823. The van der Waals surface area contributed by atoms with Crippen LogP contribution in [0.4, 0.5) is 0 Å². The van der Waals surface area contributed by atoms with E-state index in [9.17, 15) is 4.55 Å². The van der Waals surface area contributed by atoms with E-state index in [0.29, 0.717) is 0 Å². The average Bonchev–Trinajstić information content (AvgIpc) is 1.38. The Morgan fingerprint density at radius 3 is 2.00 bits per heavy atom. The van der Waals surface area contributed by atoms with Gasteiger partial charge in [-0.15, -0.1) is 4.72 Å². The second-order valence-electron chi connectivity index (χ2n) is 0.658. The molecular formula is C2H7NOS. The summed E-state index contributed by atoms with van der Waals surface area (Å²) in [4.78, 5) is 0. The van der Waals surface area contributed by atoms with E-state index in [0.717, 1.165) is 0 Å². The molecule has 0 aliphatic heterocycles. The highest BCUT2D eigenvalue weighted by atomic mass is 32.2. The molecule has 0 rings (SSSR count). The van der Waals surface area contributed by atoms with Gasteiger partial charge in [-0.05, 0) is 0 Å². The fourth-order valence-electron chi connectivity index (χ4n) is 0. The third-order valence-electron chi connectivity index (χ3n) is 0.287. The van der Waals surface area contributed by atoms with Gasteiger partial charge in [0.1, 0.15) is 6.26 Å². The Morgan fingerprint density at radius 2 is 2.00 bits per heavy atom. The lowest BCUT2D eigenvalue weighted by atomic mass is 11.6. The number of nitrogens with one attached hydrogen (secondary N) is 1. The molecule has 0 aromatic carbocycles. The zero-order chi connectivity index (χ0) is 4.28. The molecule has 0 fully saturated rings. The van der Waals surface area contributed by atoms with E-state index in [-0.39, 0.29) is 0 Å². The predicted octanol–water partition coefficient (Wildman–Crippen LogP) is -0.501. The highest BCUT2D eigenvalue weighted by Crippen LogP contribution is 1.62. The molecule has 0 aromatic heterocycles. The van der Waals surface area contributed by atoms with Crippen LogP contribution in [0.2, 0.25) is 0 Å². The molecule has 0 aliphatic carbocycles. The van der Waals surface area contributed by atoms with Gasteiger partial charge in [0.25, 0.3) is 0 Å². The van der Waals surface area contributed by atoms with Crippen LogP contribution in [0.15, 0.2) is 0 Å². The fourth-order valence-corrected chi connectivity index (χ4v) is 0. The predicted molar refractivity (Wildman–Crippen MR) is 23.1 cm³/mol. The number of hydrogen-bond donors (Lipinski definition) is 1. The van der Waals surface area contributed by atoms with Gasteiger partial charge in [0.05, 0.1) is 0 Å². The molecule has 0 saturated heterocycles. The summed E-state index contributed by atoms with van der Waals surface area (Å²) in [6, 6.07) is 0. The largest absolute Gasteiger partial charge is 0.598 e. The third kappa shape index (κ3) is 4.27. The van der Waals surface area contributed by atoms with Crippen molar-refractivity contribution in [3.63, 3.8) is 0 Å². The Kier molecular flexibility index (Phi) is 2.64. The van der Waals surface area contributed by atoms with E-state index >= 15 is 0 Å². The van der Waals surface area contributed by atoms with Crippen molar-refractivity contribution in [1.82, 2.24) is 4.72 Å². The molecule has 0 spiro atoms. The maximum atomic E-state index is 9.81. The van der Waals surface area contributed by atoms with E-state index in [4.69, 9.17) is 0 Å². The molecule has 1 atom stereocenters. The van der Waals surface area contributed by atoms with Crippen molar-refractivity contribution >= 4 is 11.4 Å². The zero-order valence-electron chi connectivity index (χ0n) is 3.32. The quantitative estimate of drug-likeness (QED) is 0.443. The SMILES string of the molecule is CN[S@@+](C)[O-]. The van der Waals surface area contributed by atoms with E-state index in [1.807, 2.05) is 0 Å². The zero-order valence-corrected chi connectivity index (χ0v) is 4.13. The van der Waals surface area contributed by atoms with Crippen LogP contribution >= 0.6 is 0 Å².